The fraction of sp³-hybridized carbons (Fsp3) is 0.278. The van der Waals surface area contributed by atoms with Gasteiger partial charge in [0, 0.05) is 6.54 Å². The smallest absolute Gasteiger partial charge is 0.149 e. The normalized spacial score (nSPS) is 10.5. The van der Waals surface area contributed by atoms with Crippen LogP contribution in [0.5, 0.6) is 0 Å². The molecule has 0 unspecified atom stereocenters. The highest BCUT2D eigenvalue weighted by molar-refractivity contribution is 7.83. The van der Waals surface area contributed by atoms with E-state index in [1.54, 1.807) is 37.1 Å². The van der Waals surface area contributed by atoms with Gasteiger partial charge in [-0.3, -0.25) is 9.98 Å². The molecule has 0 aliphatic carbocycles. The van der Waals surface area contributed by atoms with Crippen molar-refractivity contribution in [2.75, 3.05) is 11.9 Å². The van der Waals surface area contributed by atoms with Crippen LogP contribution in [0.3, 0.4) is 0 Å². The Kier molecular flexibility index (Phi) is 20.6. The van der Waals surface area contributed by atoms with Crippen molar-refractivity contribution < 1.29 is 5.11 Å². The van der Waals surface area contributed by atoms with Crippen LogP contribution < -0.4 is 5.32 Å². The third-order valence-corrected chi connectivity index (χ3v) is 2.22. The molecule has 0 fully saturated rings. The third kappa shape index (κ3) is 16.0. The minimum absolute atomic E-state index is 0.666. The average molecular weight is 349 g/mol. The lowest BCUT2D eigenvalue weighted by Crippen LogP contribution is -1.99. The SMILES string of the molecule is C/C=C/O.C=CCCN=CNc1cnc(/C=C/C=C\S)cn1.CC. The van der Waals surface area contributed by atoms with Gasteiger partial charge in [0.2, 0.25) is 0 Å². The first-order chi connectivity index (χ1) is 11.8. The lowest BCUT2D eigenvalue weighted by atomic mass is 10.4. The molecule has 0 aromatic carbocycles. The topological polar surface area (TPSA) is 70.4 Å². The van der Waals surface area contributed by atoms with Crippen LogP contribution in [0, 0.1) is 0 Å². The number of aromatic nitrogens is 2. The Morgan fingerprint density at radius 1 is 1.29 bits per heavy atom. The zero-order valence-corrected chi connectivity index (χ0v) is 15.5. The van der Waals surface area contributed by atoms with Crippen molar-refractivity contribution in [3.8, 4) is 0 Å². The standard InChI is InChI=1S/C13H16N4S.C3H6O.C2H6/c1-2-3-7-14-11-17-13-10-15-12(9-16-13)6-4-5-8-18;1-2-3-4;1-2/h2,4-6,8-11,18H,1,3,7H2,(H,14,16,17);2-4H,1H3;1-2H3/b6-4+,8-5-;3-2+;. The third-order valence-electron chi connectivity index (χ3n) is 2.05. The van der Waals surface area contributed by atoms with Gasteiger partial charge in [0.05, 0.1) is 30.7 Å². The van der Waals surface area contributed by atoms with Gasteiger partial charge < -0.3 is 10.4 Å². The molecule has 6 heteroatoms. The zero-order valence-electron chi connectivity index (χ0n) is 14.6. The molecule has 0 atom stereocenters. The van der Waals surface area contributed by atoms with Crippen LogP contribution >= 0.6 is 12.6 Å². The number of nitrogens with zero attached hydrogens (tertiary/aromatic N) is 3. The van der Waals surface area contributed by atoms with E-state index in [9.17, 15) is 0 Å². The molecule has 0 bridgehead atoms. The summed E-state index contributed by atoms with van der Waals surface area (Å²) in [6, 6.07) is 0. The number of allylic oxidation sites excluding steroid dienone is 3. The first-order valence-electron chi connectivity index (χ1n) is 7.69. The van der Waals surface area contributed by atoms with Crippen molar-refractivity contribution in [3.05, 3.63) is 60.6 Å². The first-order valence-corrected chi connectivity index (χ1v) is 8.20. The van der Waals surface area contributed by atoms with Crippen LogP contribution in [0.2, 0.25) is 0 Å². The van der Waals surface area contributed by atoms with E-state index in [-0.39, 0.29) is 0 Å². The molecule has 0 spiro atoms. The Balaban J connectivity index is 0. The summed E-state index contributed by atoms with van der Waals surface area (Å²) < 4.78 is 0. The molecule has 0 saturated heterocycles. The fourth-order valence-corrected chi connectivity index (χ4v) is 1.14. The van der Waals surface area contributed by atoms with Gasteiger partial charge in [0.15, 0.2) is 0 Å². The van der Waals surface area contributed by atoms with Crippen LogP contribution in [0.4, 0.5) is 5.82 Å². The summed E-state index contributed by atoms with van der Waals surface area (Å²) in [5.74, 6) is 0.666. The Hall–Kier alpha value is -2.34. The summed E-state index contributed by atoms with van der Waals surface area (Å²) in [5.41, 5.74) is 0.788. The number of aliphatic hydroxyl groups is 1. The van der Waals surface area contributed by atoms with Crippen LogP contribution in [0.1, 0.15) is 32.9 Å². The minimum Gasteiger partial charge on any atom is -0.516 e. The molecule has 0 radical (unpaired) electrons. The lowest BCUT2D eigenvalue weighted by molar-refractivity contribution is 0.472. The highest BCUT2D eigenvalue weighted by atomic mass is 32.1. The molecule has 1 aromatic heterocycles. The van der Waals surface area contributed by atoms with Crippen molar-refractivity contribution in [1.29, 1.82) is 0 Å². The Bertz CT molecular complexity index is 504. The number of hydrogen-bond donors (Lipinski definition) is 3. The van der Waals surface area contributed by atoms with E-state index in [2.05, 4.69) is 39.5 Å². The van der Waals surface area contributed by atoms with E-state index in [0.717, 1.165) is 24.9 Å². The molecule has 1 heterocycles. The molecule has 0 amide bonds. The number of aliphatic hydroxyl groups excluding tert-OH is 1. The van der Waals surface area contributed by atoms with Gasteiger partial charge in [-0.15, -0.1) is 6.58 Å². The molecule has 2 N–H and O–H groups in total. The van der Waals surface area contributed by atoms with Gasteiger partial charge in [0.25, 0.3) is 0 Å². The van der Waals surface area contributed by atoms with Gasteiger partial charge in [-0.05, 0) is 24.8 Å². The highest BCUT2D eigenvalue weighted by Crippen LogP contribution is 2.01. The maximum atomic E-state index is 7.69. The fourth-order valence-electron chi connectivity index (χ4n) is 1.04. The summed E-state index contributed by atoms with van der Waals surface area (Å²) in [6.45, 7) is 10.1. The van der Waals surface area contributed by atoms with E-state index in [4.69, 9.17) is 5.11 Å². The highest BCUT2D eigenvalue weighted by Gasteiger charge is 1.91. The van der Waals surface area contributed by atoms with Crippen LogP contribution in [-0.4, -0.2) is 28.0 Å². The number of thiol groups is 1. The number of rotatable bonds is 7. The predicted molar refractivity (Wildman–Crippen MR) is 110 cm³/mol. The van der Waals surface area contributed by atoms with E-state index < -0.39 is 0 Å². The summed E-state index contributed by atoms with van der Waals surface area (Å²) in [6.07, 6.45) is 15.7. The second-order valence-corrected chi connectivity index (χ2v) is 4.06. The predicted octanol–water partition coefficient (Wildman–Crippen LogP) is 5.05. The van der Waals surface area contributed by atoms with Gasteiger partial charge in [-0.1, -0.05) is 38.2 Å². The molecule has 1 aromatic rings. The van der Waals surface area contributed by atoms with Crippen molar-refractivity contribution in [3.63, 3.8) is 0 Å². The summed E-state index contributed by atoms with van der Waals surface area (Å²) in [4.78, 5) is 12.5. The number of nitrogens with one attached hydrogen (secondary N) is 1. The molecule has 5 nitrogen and oxygen atoms in total. The second kappa shape index (κ2) is 20.7. The van der Waals surface area contributed by atoms with E-state index in [0.29, 0.717) is 5.82 Å². The second-order valence-electron chi connectivity index (χ2n) is 3.77. The monoisotopic (exact) mass is 348 g/mol. The molecular weight excluding hydrogens is 320 g/mol. The molecule has 1 rings (SSSR count). The van der Waals surface area contributed by atoms with Gasteiger partial charge in [-0.2, -0.15) is 12.6 Å². The molecule has 0 aliphatic rings. The van der Waals surface area contributed by atoms with E-state index in [1.165, 1.54) is 0 Å². The van der Waals surface area contributed by atoms with Crippen LogP contribution in [0.15, 0.2) is 59.9 Å². The Morgan fingerprint density at radius 2 is 2.00 bits per heavy atom. The van der Waals surface area contributed by atoms with Crippen LogP contribution in [-0.2, 0) is 0 Å². The summed E-state index contributed by atoms with van der Waals surface area (Å²) >= 11 is 3.95. The van der Waals surface area contributed by atoms with Crippen molar-refractivity contribution in [2.45, 2.75) is 27.2 Å². The van der Waals surface area contributed by atoms with Gasteiger partial charge in [-0.25, -0.2) is 4.98 Å². The lowest BCUT2D eigenvalue weighted by Gasteiger charge is -1.98. The molecule has 24 heavy (non-hydrogen) atoms. The van der Waals surface area contributed by atoms with Crippen molar-refractivity contribution >= 4 is 30.9 Å². The average Bonchev–Trinajstić information content (AvgIpc) is 2.65. The number of aliphatic imine (C=N–C) groups is 1. The summed E-state index contributed by atoms with van der Waals surface area (Å²) in [5, 5.41) is 12.3. The maximum absolute atomic E-state index is 7.69. The van der Waals surface area contributed by atoms with Crippen LogP contribution in [0.25, 0.3) is 6.08 Å². The van der Waals surface area contributed by atoms with E-state index in [1.807, 2.05) is 38.2 Å². The minimum atomic E-state index is 0.666. The molecular formula is C18H28N4OS. The quantitative estimate of drug-likeness (QED) is 0.123. The zero-order chi connectivity index (χ0) is 18.5. The number of anilines is 1. The van der Waals surface area contributed by atoms with Gasteiger partial charge >= 0.3 is 0 Å². The summed E-state index contributed by atoms with van der Waals surface area (Å²) in [7, 11) is 0. The van der Waals surface area contributed by atoms with Crippen molar-refractivity contribution in [1.82, 2.24) is 9.97 Å². The molecule has 0 saturated carbocycles. The van der Waals surface area contributed by atoms with E-state index >= 15 is 0 Å². The van der Waals surface area contributed by atoms with Gasteiger partial charge in [0.1, 0.15) is 5.82 Å². The largest absolute Gasteiger partial charge is 0.516 e. The Labute approximate surface area is 151 Å². The Morgan fingerprint density at radius 3 is 2.50 bits per heavy atom. The maximum Gasteiger partial charge on any atom is 0.149 e. The molecule has 0 aliphatic heterocycles. The number of hydrogen-bond acceptors (Lipinski definition) is 5. The first kappa shape index (κ1) is 23.9. The van der Waals surface area contributed by atoms with Crippen molar-refractivity contribution in [2.24, 2.45) is 4.99 Å². The molecule has 132 valence electrons.